The van der Waals surface area contributed by atoms with Gasteiger partial charge >= 0.3 is 0 Å². The van der Waals surface area contributed by atoms with Crippen molar-refractivity contribution >= 4 is 32.5 Å². The largest absolute Gasteiger partial charge is 0.354 e. The summed E-state index contributed by atoms with van der Waals surface area (Å²) in [7, 11) is -3.96. The lowest BCUT2D eigenvalue weighted by atomic mass is 10.0. The summed E-state index contributed by atoms with van der Waals surface area (Å²) in [5.74, 6) is -0.0593. The van der Waals surface area contributed by atoms with Crippen LogP contribution in [-0.4, -0.2) is 57.2 Å². The summed E-state index contributed by atoms with van der Waals surface area (Å²) in [6.45, 7) is 1.13. The number of piperidine rings is 1. The van der Waals surface area contributed by atoms with Gasteiger partial charge in [-0.2, -0.15) is 14.8 Å². The lowest BCUT2D eigenvalue weighted by Crippen LogP contribution is -2.47. The SMILES string of the molecule is O=C(NCCc1cc2c(-c3cnn4ncccc34)ccnc2n1S(=O)(=O)c1ccccc1)[C@H]1CCCCN1. The van der Waals surface area contributed by atoms with E-state index in [-0.39, 0.29) is 16.8 Å². The minimum atomic E-state index is -3.96. The molecule has 5 aromatic rings. The van der Waals surface area contributed by atoms with Crippen molar-refractivity contribution < 1.29 is 13.2 Å². The van der Waals surface area contributed by atoms with Gasteiger partial charge in [-0.3, -0.25) is 4.79 Å². The number of fused-ring (bicyclic) bond motifs is 2. The molecule has 38 heavy (non-hydrogen) atoms. The number of nitrogens with zero attached hydrogens (tertiary/aromatic N) is 5. The molecular weight excluding hydrogens is 502 g/mol. The van der Waals surface area contributed by atoms with E-state index in [2.05, 4.69) is 25.8 Å². The van der Waals surface area contributed by atoms with Gasteiger partial charge in [0.15, 0.2) is 5.65 Å². The molecule has 1 aliphatic rings. The Labute approximate surface area is 219 Å². The van der Waals surface area contributed by atoms with Gasteiger partial charge in [0.1, 0.15) is 0 Å². The fourth-order valence-corrected chi connectivity index (χ4v) is 6.59. The van der Waals surface area contributed by atoms with Gasteiger partial charge in [-0.15, -0.1) is 0 Å². The molecular formula is C27H27N7O3S. The molecule has 2 N–H and O–H groups in total. The predicted molar refractivity (Wildman–Crippen MR) is 143 cm³/mol. The highest BCUT2D eigenvalue weighted by molar-refractivity contribution is 7.90. The summed E-state index contributed by atoms with van der Waals surface area (Å²) in [4.78, 5) is 17.3. The third kappa shape index (κ3) is 4.33. The second-order valence-corrected chi connectivity index (χ2v) is 11.1. The van der Waals surface area contributed by atoms with Gasteiger partial charge in [0.05, 0.1) is 22.7 Å². The van der Waals surface area contributed by atoms with Crippen molar-refractivity contribution in [2.45, 2.75) is 36.6 Å². The molecule has 194 valence electrons. The number of hydrogen-bond donors (Lipinski definition) is 2. The van der Waals surface area contributed by atoms with Gasteiger partial charge in [0, 0.05) is 42.0 Å². The van der Waals surface area contributed by atoms with Crippen LogP contribution in [0, 0.1) is 0 Å². The highest BCUT2D eigenvalue weighted by Gasteiger charge is 2.26. The van der Waals surface area contributed by atoms with Crippen LogP contribution in [0.1, 0.15) is 25.0 Å². The summed E-state index contributed by atoms with van der Waals surface area (Å²) in [6.07, 6.45) is 8.19. The molecule has 1 fully saturated rings. The zero-order valence-electron chi connectivity index (χ0n) is 20.6. The summed E-state index contributed by atoms with van der Waals surface area (Å²) in [5, 5.41) is 15.5. The van der Waals surface area contributed by atoms with Crippen molar-refractivity contribution in [3.05, 3.63) is 78.9 Å². The number of amides is 1. The number of hydrogen-bond acceptors (Lipinski definition) is 7. The maximum absolute atomic E-state index is 13.9. The van der Waals surface area contributed by atoms with E-state index < -0.39 is 10.0 Å². The quantitative estimate of drug-likeness (QED) is 0.332. The van der Waals surface area contributed by atoms with Crippen molar-refractivity contribution in [1.29, 1.82) is 0 Å². The minimum absolute atomic E-state index is 0.0593. The summed E-state index contributed by atoms with van der Waals surface area (Å²) >= 11 is 0. The molecule has 4 aromatic heterocycles. The Morgan fingerprint density at radius 3 is 2.71 bits per heavy atom. The van der Waals surface area contributed by atoms with Crippen LogP contribution in [0.4, 0.5) is 0 Å². The van der Waals surface area contributed by atoms with Crippen LogP contribution in [0.15, 0.2) is 78.1 Å². The zero-order valence-corrected chi connectivity index (χ0v) is 21.4. The molecule has 0 aliphatic carbocycles. The Balaban J connectivity index is 1.43. The topological polar surface area (TPSA) is 123 Å². The summed E-state index contributed by atoms with van der Waals surface area (Å²) in [5.41, 5.74) is 3.28. The molecule has 0 saturated carbocycles. The van der Waals surface area contributed by atoms with Gasteiger partial charge in [0.25, 0.3) is 10.0 Å². The minimum Gasteiger partial charge on any atom is -0.354 e. The zero-order chi connectivity index (χ0) is 26.1. The smallest absolute Gasteiger partial charge is 0.269 e. The Bertz CT molecular complexity index is 1720. The average Bonchev–Trinajstić information content (AvgIpc) is 3.56. The number of carbonyl (C=O) groups excluding carboxylic acids is 1. The Hall–Kier alpha value is -4.09. The van der Waals surface area contributed by atoms with Crippen molar-refractivity contribution in [2.24, 2.45) is 0 Å². The maximum atomic E-state index is 13.9. The van der Waals surface area contributed by atoms with E-state index in [1.807, 2.05) is 24.3 Å². The summed E-state index contributed by atoms with van der Waals surface area (Å²) in [6, 6.07) is 15.5. The highest BCUT2D eigenvalue weighted by atomic mass is 32.2. The summed E-state index contributed by atoms with van der Waals surface area (Å²) < 4.78 is 30.6. The number of pyridine rings is 1. The number of carbonyl (C=O) groups is 1. The molecule has 0 spiro atoms. The fourth-order valence-electron chi connectivity index (χ4n) is 5.06. The second-order valence-electron chi connectivity index (χ2n) is 9.31. The molecule has 1 atom stereocenters. The molecule has 1 amide bonds. The van der Waals surface area contributed by atoms with Crippen LogP contribution in [0.5, 0.6) is 0 Å². The molecule has 10 nitrogen and oxygen atoms in total. The normalized spacial score (nSPS) is 16.2. The van der Waals surface area contributed by atoms with E-state index in [1.165, 1.54) is 8.60 Å². The third-order valence-corrected chi connectivity index (χ3v) is 8.67. The standard InChI is InChI=1S/C27H27N7O3S/c35-27(24-9-4-5-13-28-24)30-15-11-19-17-22-21(23-18-32-34-25(23)10-6-14-31-34)12-16-29-26(22)33(19)38(36,37)20-7-2-1-3-8-20/h1-3,6-8,10,12,14,16-18,24,28H,4-5,9,11,13,15H2,(H,30,35)/t24-/m1/s1. The van der Waals surface area contributed by atoms with Crippen molar-refractivity contribution in [3.8, 4) is 11.1 Å². The molecule has 6 rings (SSSR count). The van der Waals surface area contributed by atoms with Crippen LogP contribution in [0.3, 0.4) is 0 Å². The van der Waals surface area contributed by atoms with E-state index in [1.54, 1.807) is 48.9 Å². The van der Waals surface area contributed by atoms with Gasteiger partial charge in [0.2, 0.25) is 5.91 Å². The Morgan fingerprint density at radius 1 is 1.03 bits per heavy atom. The van der Waals surface area contributed by atoms with E-state index >= 15 is 0 Å². The van der Waals surface area contributed by atoms with Crippen molar-refractivity contribution in [3.63, 3.8) is 0 Å². The average molecular weight is 530 g/mol. The van der Waals surface area contributed by atoms with E-state index in [4.69, 9.17) is 0 Å². The lowest BCUT2D eigenvalue weighted by molar-refractivity contribution is -0.123. The highest BCUT2D eigenvalue weighted by Crippen LogP contribution is 2.34. The van der Waals surface area contributed by atoms with Crippen LogP contribution >= 0.6 is 0 Å². The first-order valence-corrected chi connectivity index (χ1v) is 14.1. The van der Waals surface area contributed by atoms with Crippen LogP contribution in [0.25, 0.3) is 27.7 Å². The molecule has 1 aliphatic heterocycles. The molecule has 5 heterocycles. The van der Waals surface area contributed by atoms with E-state index in [0.29, 0.717) is 29.7 Å². The molecule has 1 saturated heterocycles. The van der Waals surface area contributed by atoms with Crippen molar-refractivity contribution in [1.82, 2.24) is 34.4 Å². The number of aromatic nitrogens is 5. The molecule has 1 aromatic carbocycles. The first-order valence-electron chi connectivity index (χ1n) is 12.6. The van der Waals surface area contributed by atoms with Gasteiger partial charge in [-0.05, 0) is 61.3 Å². The Morgan fingerprint density at radius 2 is 1.89 bits per heavy atom. The van der Waals surface area contributed by atoms with Crippen molar-refractivity contribution in [2.75, 3.05) is 13.1 Å². The number of benzene rings is 1. The van der Waals surface area contributed by atoms with Crippen LogP contribution in [-0.2, 0) is 21.2 Å². The van der Waals surface area contributed by atoms with Crippen LogP contribution < -0.4 is 10.6 Å². The molecule has 0 radical (unpaired) electrons. The monoisotopic (exact) mass is 529 g/mol. The maximum Gasteiger partial charge on any atom is 0.269 e. The fraction of sp³-hybridized carbons (Fsp3) is 0.259. The number of rotatable bonds is 7. The lowest BCUT2D eigenvalue weighted by Gasteiger charge is -2.22. The molecule has 11 heteroatoms. The molecule has 0 bridgehead atoms. The second kappa shape index (κ2) is 9.99. The predicted octanol–water partition coefficient (Wildman–Crippen LogP) is 2.78. The van der Waals surface area contributed by atoms with Gasteiger partial charge < -0.3 is 10.6 Å². The Kier molecular flexibility index (Phi) is 6.38. The molecule has 0 unspecified atom stereocenters. The van der Waals surface area contributed by atoms with Crippen LogP contribution in [0.2, 0.25) is 0 Å². The third-order valence-electron chi connectivity index (χ3n) is 6.92. The van der Waals surface area contributed by atoms with E-state index in [0.717, 1.165) is 42.5 Å². The first kappa shape index (κ1) is 24.3. The first-order chi connectivity index (χ1) is 18.5. The van der Waals surface area contributed by atoms with Gasteiger partial charge in [-0.25, -0.2) is 17.4 Å². The number of nitrogens with one attached hydrogen (secondary N) is 2. The van der Waals surface area contributed by atoms with E-state index in [9.17, 15) is 13.2 Å². The van der Waals surface area contributed by atoms with Gasteiger partial charge in [-0.1, -0.05) is 24.6 Å².